The van der Waals surface area contributed by atoms with Gasteiger partial charge in [-0.2, -0.15) is 0 Å². The molecule has 0 fully saturated rings. The molecule has 16 heavy (non-hydrogen) atoms. The second-order valence-corrected chi connectivity index (χ2v) is 4.98. The Bertz CT molecular complexity index is 299. The quantitative estimate of drug-likeness (QED) is 0.693. The monoisotopic (exact) mass is 219 g/mol. The minimum atomic E-state index is 0.147. The lowest BCUT2D eigenvalue weighted by Gasteiger charge is -2.30. The van der Waals surface area contributed by atoms with E-state index < -0.39 is 0 Å². The van der Waals surface area contributed by atoms with E-state index in [4.69, 9.17) is 0 Å². The van der Waals surface area contributed by atoms with Gasteiger partial charge in [-0.3, -0.25) is 0 Å². The molecule has 0 saturated carbocycles. The molecule has 0 aromatic carbocycles. The van der Waals surface area contributed by atoms with E-state index in [1.807, 2.05) is 0 Å². The molecule has 90 valence electrons. The first-order valence-electron chi connectivity index (χ1n) is 6.33. The lowest BCUT2D eigenvalue weighted by atomic mass is 9.90. The molecule has 1 heteroatoms. The molecule has 0 heterocycles. The van der Waals surface area contributed by atoms with Crippen molar-refractivity contribution in [2.75, 3.05) is 6.54 Å². The van der Waals surface area contributed by atoms with Crippen LogP contribution in [0.5, 0.6) is 0 Å². The first-order chi connectivity index (χ1) is 7.59. The van der Waals surface area contributed by atoms with Gasteiger partial charge in [0.15, 0.2) is 0 Å². The van der Waals surface area contributed by atoms with Crippen LogP contribution >= 0.6 is 0 Å². The molecule has 0 aromatic rings. The summed E-state index contributed by atoms with van der Waals surface area (Å²) in [5, 5.41) is 3.67. The average Bonchev–Trinajstić information content (AvgIpc) is 2.29. The predicted molar refractivity (Wildman–Crippen MR) is 72.5 cm³/mol. The smallest absolute Gasteiger partial charge is 0.0373 e. The SMILES string of the molecule is C/C=C\C(CC)CN[C@@]1(C)C=CC(C)=CC1. The molecule has 0 bridgehead atoms. The molecule has 0 amide bonds. The van der Waals surface area contributed by atoms with Crippen molar-refractivity contribution in [3.05, 3.63) is 36.0 Å². The fourth-order valence-corrected chi connectivity index (χ4v) is 1.94. The number of nitrogens with one attached hydrogen (secondary N) is 1. The van der Waals surface area contributed by atoms with Crippen molar-refractivity contribution in [3.63, 3.8) is 0 Å². The molecule has 1 unspecified atom stereocenters. The molecular weight excluding hydrogens is 194 g/mol. The van der Waals surface area contributed by atoms with Crippen LogP contribution in [0.25, 0.3) is 0 Å². The van der Waals surface area contributed by atoms with Gasteiger partial charge in [0.25, 0.3) is 0 Å². The Morgan fingerprint density at radius 3 is 2.81 bits per heavy atom. The van der Waals surface area contributed by atoms with Crippen molar-refractivity contribution in [1.29, 1.82) is 0 Å². The lowest BCUT2D eigenvalue weighted by molar-refractivity contribution is 0.402. The van der Waals surface area contributed by atoms with Gasteiger partial charge in [-0.1, -0.05) is 42.9 Å². The van der Waals surface area contributed by atoms with Gasteiger partial charge in [0.1, 0.15) is 0 Å². The number of hydrogen-bond acceptors (Lipinski definition) is 1. The number of allylic oxidation sites excluding steroid dienone is 3. The molecule has 1 aliphatic carbocycles. The summed E-state index contributed by atoms with van der Waals surface area (Å²) in [7, 11) is 0. The van der Waals surface area contributed by atoms with E-state index in [1.165, 1.54) is 12.0 Å². The molecule has 0 aromatic heterocycles. The zero-order valence-electron chi connectivity index (χ0n) is 11.1. The fraction of sp³-hybridized carbons (Fsp3) is 0.600. The highest BCUT2D eigenvalue weighted by molar-refractivity contribution is 5.27. The highest BCUT2D eigenvalue weighted by Crippen LogP contribution is 2.20. The van der Waals surface area contributed by atoms with Crippen molar-refractivity contribution in [1.82, 2.24) is 5.32 Å². The van der Waals surface area contributed by atoms with E-state index in [0.717, 1.165) is 13.0 Å². The third kappa shape index (κ3) is 3.97. The van der Waals surface area contributed by atoms with Gasteiger partial charge in [0, 0.05) is 12.1 Å². The molecule has 1 aliphatic rings. The molecule has 1 nitrogen and oxygen atoms in total. The summed E-state index contributed by atoms with van der Waals surface area (Å²) in [6.45, 7) is 9.83. The molecule has 2 atom stereocenters. The average molecular weight is 219 g/mol. The van der Waals surface area contributed by atoms with E-state index >= 15 is 0 Å². The van der Waals surface area contributed by atoms with Gasteiger partial charge in [-0.15, -0.1) is 0 Å². The maximum atomic E-state index is 3.67. The summed E-state index contributed by atoms with van der Waals surface area (Å²) < 4.78 is 0. The Hall–Kier alpha value is -0.820. The van der Waals surface area contributed by atoms with Crippen LogP contribution in [0.1, 0.15) is 40.5 Å². The molecule has 0 saturated heterocycles. The molecule has 1 rings (SSSR count). The van der Waals surface area contributed by atoms with E-state index in [-0.39, 0.29) is 5.54 Å². The minimum Gasteiger partial charge on any atom is -0.307 e. The Morgan fingerprint density at radius 2 is 2.31 bits per heavy atom. The zero-order valence-corrected chi connectivity index (χ0v) is 11.1. The van der Waals surface area contributed by atoms with E-state index in [9.17, 15) is 0 Å². The predicted octanol–water partition coefficient (Wildman–Crippen LogP) is 3.84. The van der Waals surface area contributed by atoms with Crippen LogP contribution in [-0.4, -0.2) is 12.1 Å². The number of rotatable bonds is 5. The van der Waals surface area contributed by atoms with E-state index in [1.54, 1.807) is 0 Å². The third-order valence-electron chi connectivity index (χ3n) is 3.32. The van der Waals surface area contributed by atoms with Gasteiger partial charge in [0.05, 0.1) is 0 Å². The van der Waals surface area contributed by atoms with Gasteiger partial charge in [-0.05, 0) is 39.5 Å². The summed E-state index contributed by atoms with van der Waals surface area (Å²) in [4.78, 5) is 0. The second-order valence-electron chi connectivity index (χ2n) is 4.98. The zero-order chi connectivity index (χ0) is 12.0. The Labute approximate surface area is 100 Å². The largest absolute Gasteiger partial charge is 0.307 e. The van der Waals surface area contributed by atoms with Crippen LogP contribution in [0.15, 0.2) is 36.0 Å². The van der Waals surface area contributed by atoms with Crippen LogP contribution in [0, 0.1) is 5.92 Å². The highest BCUT2D eigenvalue weighted by Gasteiger charge is 2.21. The van der Waals surface area contributed by atoms with E-state index in [0.29, 0.717) is 5.92 Å². The van der Waals surface area contributed by atoms with Gasteiger partial charge < -0.3 is 5.32 Å². The topological polar surface area (TPSA) is 12.0 Å². The summed E-state index contributed by atoms with van der Waals surface area (Å²) in [6.07, 6.45) is 13.6. The molecule has 1 N–H and O–H groups in total. The molecule has 0 radical (unpaired) electrons. The summed E-state index contributed by atoms with van der Waals surface area (Å²) in [5.74, 6) is 0.655. The lowest BCUT2D eigenvalue weighted by Crippen LogP contribution is -2.43. The van der Waals surface area contributed by atoms with Gasteiger partial charge >= 0.3 is 0 Å². The normalized spacial score (nSPS) is 27.1. The summed E-state index contributed by atoms with van der Waals surface area (Å²) in [6, 6.07) is 0. The fourth-order valence-electron chi connectivity index (χ4n) is 1.94. The van der Waals surface area contributed by atoms with Crippen LogP contribution in [0.4, 0.5) is 0 Å². The standard InChI is InChI=1S/C15H25N/c1-5-7-14(6-2)12-16-15(4)10-8-13(3)9-11-15/h5,7-10,14,16H,6,11-12H2,1-4H3/b7-5-/t14?,15-/m0/s1. The maximum Gasteiger partial charge on any atom is 0.0373 e. The minimum absolute atomic E-state index is 0.147. The van der Waals surface area contributed by atoms with Crippen molar-refractivity contribution in [3.8, 4) is 0 Å². The Morgan fingerprint density at radius 1 is 1.56 bits per heavy atom. The van der Waals surface area contributed by atoms with Gasteiger partial charge in [0.2, 0.25) is 0 Å². The van der Waals surface area contributed by atoms with Crippen LogP contribution < -0.4 is 5.32 Å². The van der Waals surface area contributed by atoms with Crippen LogP contribution in [0.2, 0.25) is 0 Å². The first kappa shape index (κ1) is 13.2. The number of hydrogen-bond donors (Lipinski definition) is 1. The van der Waals surface area contributed by atoms with Crippen molar-refractivity contribution in [2.45, 2.75) is 46.1 Å². The highest BCUT2D eigenvalue weighted by atomic mass is 15.0. The van der Waals surface area contributed by atoms with Crippen molar-refractivity contribution >= 4 is 0 Å². The van der Waals surface area contributed by atoms with E-state index in [2.05, 4.69) is 63.4 Å². The Balaban J connectivity index is 2.46. The Kier molecular flexibility index (Phi) is 5.01. The van der Waals surface area contributed by atoms with Crippen LogP contribution in [0.3, 0.4) is 0 Å². The van der Waals surface area contributed by atoms with Gasteiger partial charge in [-0.25, -0.2) is 0 Å². The molecule has 0 spiro atoms. The van der Waals surface area contributed by atoms with Crippen molar-refractivity contribution < 1.29 is 0 Å². The maximum absolute atomic E-state index is 3.67. The summed E-state index contributed by atoms with van der Waals surface area (Å²) >= 11 is 0. The third-order valence-corrected chi connectivity index (χ3v) is 3.32. The summed E-state index contributed by atoms with van der Waals surface area (Å²) in [5.41, 5.74) is 1.52. The van der Waals surface area contributed by atoms with Crippen molar-refractivity contribution in [2.24, 2.45) is 5.92 Å². The molecule has 0 aliphatic heterocycles. The molecular formula is C15H25N. The second kappa shape index (κ2) is 6.05. The van der Waals surface area contributed by atoms with Crippen LogP contribution in [-0.2, 0) is 0 Å². The first-order valence-corrected chi connectivity index (χ1v) is 6.33.